The van der Waals surface area contributed by atoms with Crippen LogP contribution in [-0.4, -0.2) is 31.4 Å². The molecule has 0 aromatic heterocycles. The van der Waals surface area contributed by atoms with Crippen molar-refractivity contribution >= 4 is 21.9 Å². The SMILES string of the molecule is COCCOc1ccc(Br)c(C(=O)O)c1C. The Bertz CT molecular complexity index is 390. The molecule has 0 unspecified atom stereocenters. The molecule has 4 nitrogen and oxygen atoms in total. The lowest BCUT2D eigenvalue weighted by atomic mass is 10.1. The first-order valence-electron chi connectivity index (χ1n) is 4.72. The smallest absolute Gasteiger partial charge is 0.337 e. The average molecular weight is 289 g/mol. The molecule has 16 heavy (non-hydrogen) atoms. The van der Waals surface area contributed by atoms with Gasteiger partial charge in [0.05, 0.1) is 12.2 Å². The van der Waals surface area contributed by atoms with E-state index < -0.39 is 5.97 Å². The molecular weight excluding hydrogens is 276 g/mol. The van der Waals surface area contributed by atoms with E-state index in [1.807, 2.05) is 0 Å². The number of rotatable bonds is 5. The zero-order chi connectivity index (χ0) is 12.1. The minimum Gasteiger partial charge on any atom is -0.491 e. The molecule has 0 aliphatic rings. The molecule has 5 heteroatoms. The predicted octanol–water partition coefficient (Wildman–Crippen LogP) is 2.48. The van der Waals surface area contributed by atoms with Crippen LogP contribution in [0.1, 0.15) is 15.9 Å². The lowest BCUT2D eigenvalue weighted by Gasteiger charge is -2.11. The Morgan fingerprint density at radius 2 is 2.12 bits per heavy atom. The highest BCUT2D eigenvalue weighted by Gasteiger charge is 2.15. The lowest BCUT2D eigenvalue weighted by molar-refractivity contribution is 0.0694. The maximum atomic E-state index is 11.0. The summed E-state index contributed by atoms with van der Waals surface area (Å²) in [5, 5.41) is 9.03. The molecule has 88 valence electrons. The summed E-state index contributed by atoms with van der Waals surface area (Å²) in [5.74, 6) is -0.404. The van der Waals surface area contributed by atoms with Gasteiger partial charge in [0.15, 0.2) is 0 Å². The van der Waals surface area contributed by atoms with Gasteiger partial charge in [0, 0.05) is 17.1 Å². The first-order valence-corrected chi connectivity index (χ1v) is 5.51. The molecule has 0 spiro atoms. The molecule has 1 aromatic rings. The van der Waals surface area contributed by atoms with E-state index in [0.717, 1.165) is 0 Å². The summed E-state index contributed by atoms with van der Waals surface area (Å²) < 4.78 is 10.8. The number of carboxylic acids is 1. The Hall–Kier alpha value is -1.07. The summed E-state index contributed by atoms with van der Waals surface area (Å²) in [4.78, 5) is 11.0. The minimum absolute atomic E-state index is 0.231. The number of hydrogen-bond donors (Lipinski definition) is 1. The highest BCUT2D eigenvalue weighted by molar-refractivity contribution is 9.10. The Labute approximate surface area is 102 Å². The molecule has 1 rings (SSSR count). The standard InChI is InChI=1S/C11H13BrO4/c1-7-9(16-6-5-15-2)4-3-8(12)10(7)11(13)14/h3-4H,5-6H2,1-2H3,(H,13,14). The number of aromatic carboxylic acids is 1. The summed E-state index contributed by atoms with van der Waals surface area (Å²) in [5.41, 5.74) is 0.841. The lowest BCUT2D eigenvalue weighted by Crippen LogP contribution is -2.08. The third-order valence-electron chi connectivity index (χ3n) is 2.12. The topological polar surface area (TPSA) is 55.8 Å². The fourth-order valence-electron chi connectivity index (χ4n) is 1.31. The van der Waals surface area contributed by atoms with E-state index in [1.54, 1.807) is 26.2 Å². The van der Waals surface area contributed by atoms with Gasteiger partial charge in [0.25, 0.3) is 0 Å². The minimum atomic E-state index is -0.971. The molecule has 0 saturated heterocycles. The van der Waals surface area contributed by atoms with Crippen molar-refractivity contribution in [2.45, 2.75) is 6.92 Å². The number of methoxy groups -OCH3 is 1. The van der Waals surface area contributed by atoms with E-state index >= 15 is 0 Å². The molecule has 0 bridgehead atoms. The Balaban J connectivity index is 2.95. The van der Waals surface area contributed by atoms with Crippen molar-refractivity contribution in [3.8, 4) is 5.75 Å². The molecule has 0 amide bonds. The summed E-state index contributed by atoms with van der Waals surface area (Å²) in [7, 11) is 1.58. The number of hydrogen-bond acceptors (Lipinski definition) is 3. The second-order valence-corrected chi connectivity index (χ2v) is 4.05. The summed E-state index contributed by atoms with van der Waals surface area (Å²) in [6.45, 7) is 2.59. The van der Waals surface area contributed by atoms with Gasteiger partial charge in [-0.25, -0.2) is 4.79 Å². The largest absolute Gasteiger partial charge is 0.491 e. The van der Waals surface area contributed by atoms with Gasteiger partial charge in [-0.05, 0) is 35.0 Å². The van der Waals surface area contributed by atoms with Crippen LogP contribution in [0.25, 0.3) is 0 Å². The van der Waals surface area contributed by atoms with Gasteiger partial charge in [-0.3, -0.25) is 0 Å². The molecule has 0 atom stereocenters. The Morgan fingerprint density at radius 1 is 1.44 bits per heavy atom. The normalized spacial score (nSPS) is 10.2. The van der Waals surface area contributed by atoms with Crippen LogP contribution in [0.4, 0.5) is 0 Å². The van der Waals surface area contributed by atoms with E-state index in [-0.39, 0.29) is 5.56 Å². The zero-order valence-corrected chi connectivity index (χ0v) is 10.7. The molecule has 0 saturated carbocycles. The highest BCUT2D eigenvalue weighted by Crippen LogP contribution is 2.28. The van der Waals surface area contributed by atoms with E-state index in [4.69, 9.17) is 14.6 Å². The monoisotopic (exact) mass is 288 g/mol. The van der Waals surface area contributed by atoms with Crippen molar-refractivity contribution in [2.75, 3.05) is 20.3 Å². The second kappa shape index (κ2) is 5.86. The average Bonchev–Trinajstić information content (AvgIpc) is 2.21. The zero-order valence-electron chi connectivity index (χ0n) is 9.12. The van der Waals surface area contributed by atoms with Gasteiger partial charge in [-0.1, -0.05) is 0 Å². The summed E-state index contributed by atoms with van der Waals surface area (Å²) >= 11 is 3.20. The first-order chi connectivity index (χ1) is 7.57. The third-order valence-corrected chi connectivity index (χ3v) is 2.78. The van der Waals surface area contributed by atoms with Gasteiger partial charge in [-0.15, -0.1) is 0 Å². The van der Waals surface area contributed by atoms with Crippen LogP contribution in [0.5, 0.6) is 5.75 Å². The highest BCUT2D eigenvalue weighted by atomic mass is 79.9. The van der Waals surface area contributed by atoms with Crippen LogP contribution in [0, 0.1) is 6.92 Å². The maximum absolute atomic E-state index is 11.0. The molecular formula is C11H13BrO4. The number of ether oxygens (including phenoxy) is 2. The fraction of sp³-hybridized carbons (Fsp3) is 0.364. The molecule has 0 heterocycles. The first kappa shape index (κ1) is 13.0. The predicted molar refractivity (Wildman–Crippen MR) is 63.2 cm³/mol. The number of benzene rings is 1. The van der Waals surface area contributed by atoms with Crippen molar-refractivity contribution in [1.29, 1.82) is 0 Å². The van der Waals surface area contributed by atoms with Crippen molar-refractivity contribution < 1.29 is 19.4 Å². The quantitative estimate of drug-likeness (QED) is 0.846. The second-order valence-electron chi connectivity index (χ2n) is 3.19. The van der Waals surface area contributed by atoms with Gasteiger partial charge in [0.2, 0.25) is 0 Å². The van der Waals surface area contributed by atoms with Crippen molar-refractivity contribution in [3.05, 3.63) is 27.7 Å². The van der Waals surface area contributed by atoms with Crippen LogP contribution in [-0.2, 0) is 4.74 Å². The van der Waals surface area contributed by atoms with E-state index in [1.165, 1.54) is 0 Å². The molecule has 0 aliphatic heterocycles. The number of halogens is 1. The van der Waals surface area contributed by atoms with Gasteiger partial charge in [-0.2, -0.15) is 0 Å². The molecule has 1 N–H and O–H groups in total. The van der Waals surface area contributed by atoms with Gasteiger partial charge >= 0.3 is 5.97 Å². The number of carboxylic acid groups (broad SMARTS) is 1. The molecule has 1 aromatic carbocycles. The van der Waals surface area contributed by atoms with Crippen molar-refractivity contribution in [3.63, 3.8) is 0 Å². The van der Waals surface area contributed by atoms with Crippen molar-refractivity contribution in [2.24, 2.45) is 0 Å². The van der Waals surface area contributed by atoms with Crippen LogP contribution < -0.4 is 4.74 Å². The van der Waals surface area contributed by atoms with E-state index in [9.17, 15) is 4.79 Å². The van der Waals surface area contributed by atoms with E-state index in [2.05, 4.69) is 15.9 Å². The number of carbonyl (C=O) groups is 1. The maximum Gasteiger partial charge on any atom is 0.337 e. The molecule has 0 fully saturated rings. The van der Waals surface area contributed by atoms with Crippen LogP contribution in [0.2, 0.25) is 0 Å². The third kappa shape index (κ3) is 2.96. The van der Waals surface area contributed by atoms with Crippen LogP contribution in [0.3, 0.4) is 0 Å². The van der Waals surface area contributed by atoms with Crippen LogP contribution >= 0.6 is 15.9 Å². The van der Waals surface area contributed by atoms with E-state index in [0.29, 0.717) is 29.0 Å². The van der Waals surface area contributed by atoms with Crippen LogP contribution in [0.15, 0.2) is 16.6 Å². The summed E-state index contributed by atoms with van der Waals surface area (Å²) in [6, 6.07) is 3.40. The summed E-state index contributed by atoms with van der Waals surface area (Å²) in [6.07, 6.45) is 0. The van der Waals surface area contributed by atoms with Crippen molar-refractivity contribution in [1.82, 2.24) is 0 Å². The van der Waals surface area contributed by atoms with Gasteiger partial charge < -0.3 is 14.6 Å². The van der Waals surface area contributed by atoms with Gasteiger partial charge in [0.1, 0.15) is 12.4 Å². The Morgan fingerprint density at radius 3 is 2.69 bits per heavy atom. The molecule has 0 radical (unpaired) electrons. The fourth-order valence-corrected chi connectivity index (χ4v) is 1.91. The Kier molecular flexibility index (Phi) is 4.76. The molecule has 0 aliphatic carbocycles.